The second kappa shape index (κ2) is 13.0. The van der Waals surface area contributed by atoms with E-state index in [4.69, 9.17) is 15.0 Å². The second-order valence-corrected chi connectivity index (χ2v) is 14.1. The van der Waals surface area contributed by atoms with Crippen molar-refractivity contribution in [3.8, 4) is 56.7 Å². The Kier molecular flexibility index (Phi) is 7.42. The van der Waals surface area contributed by atoms with Gasteiger partial charge in [-0.1, -0.05) is 140 Å². The summed E-state index contributed by atoms with van der Waals surface area (Å²) in [5.74, 6) is 1.92. The van der Waals surface area contributed by atoms with E-state index in [1.54, 1.807) is 0 Å². The first kappa shape index (κ1) is 31.9. The summed E-state index contributed by atoms with van der Waals surface area (Å²) in [7, 11) is 0. The molecule has 0 saturated carbocycles. The van der Waals surface area contributed by atoms with Crippen molar-refractivity contribution in [2.45, 2.75) is 0 Å². The first-order valence-electron chi connectivity index (χ1n) is 18.9. The Morgan fingerprint density at radius 1 is 0.250 bits per heavy atom. The topological polar surface area (TPSA) is 48.5 Å². The van der Waals surface area contributed by atoms with E-state index in [9.17, 15) is 0 Å². The molecule has 0 unspecified atom stereocenters. The smallest absolute Gasteiger partial charge is 0.164 e. The van der Waals surface area contributed by atoms with Gasteiger partial charge in [-0.3, -0.25) is 0 Å². The molecule has 0 fully saturated rings. The summed E-state index contributed by atoms with van der Waals surface area (Å²) in [5, 5.41) is 4.90. The molecular formula is C51H33N5. The molecule has 0 aliphatic heterocycles. The minimum atomic E-state index is 0.632. The fourth-order valence-electron chi connectivity index (χ4n) is 8.13. The minimum absolute atomic E-state index is 0.632. The molecule has 8 aromatic carbocycles. The maximum Gasteiger partial charge on any atom is 0.164 e. The average molecular weight is 716 g/mol. The zero-order valence-electron chi connectivity index (χ0n) is 30.3. The largest absolute Gasteiger partial charge is 0.309 e. The van der Waals surface area contributed by atoms with Crippen molar-refractivity contribution >= 4 is 43.6 Å². The molecule has 0 radical (unpaired) electrons. The molecule has 0 bridgehead atoms. The molecule has 5 heteroatoms. The summed E-state index contributed by atoms with van der Waals surface area (Å²) in [6.45, 7) is 0. The highest BCUT2D eigenvalue weighted by Gasteiger charge is 2.18. The van der Waals surface area contributed by atoms with Gasteiger partial charge in [0, 0.05) is 49.6 Å². The predicted molar refractivity (Wildman–Crippen MR) is 230 cm³/mol. The van der Waals surface area contributed by atoms with Gasteiger partial charge in [0.25, 0.3) is 0 Å². The van der Waals surface area contributed by atoms with Gasteiger partial charge in [0.15, 0.2) is 17.5 Å². The number of hydrogen-bond acceptors (Lipinski definition) is 3. The zero-order valence-corrected chi connectivity index (χ0v) is 30.3. The van der Waals surface area contributed by atoms with Gasteiger partial charge in [-0.05, 0) is 71.8 Å². The van der Waals surface area contributed by atoms with Crippen molar-refractivity contribution in [3.63, 3.8) is 0 Å². The van der Waals surface area contributed by atoms with E-state index in [0.29, 0.717) is 17.5 Å². The van der Waals surface area contributed by atoms with Crippen molar-refractivity contribution in [3.05, 3.63) is 200 Å². The first-order chi connectivity index (χ1) is 27.8. The average Bonchev–Trinajstić information content (AvgIpc) is 3.79. The van der Waals surface area contributed by atoms with Gasteiger partial charge in [0.05, 0.1) is 22.1 Å². The van der Waals surface area contributed by atoms with E-state index < -0.39 is 0 Å². The van der Waals surface area contributed by atoms with Crippen LogP contribution in [0.15, 0.2) is 200 Å². The maximum absolute atomic E-state index is 4.99. The quantitative estimate of drug-likeness (QED) is 0.172. The molecule has 0 atom stereocenters. The molecule has 0 saturated heterocycles. The Balaban J connectivity index is 1.10. The highest BCUT2D eigenvalue weighted by atomic mass is 15.0. The van der Waals surface area contributed by atoms with Crippen LogP contribution in [-0.2, 0) is 0 Å². The molecule has 0 amide bonds. The fraction of sp³-hybridized carbons (Fsp3) is 0. The zero-order chi connectivity index (χ0) is 37.0. The van der Waals surface area contributed by atoms with Crippen molar-refractivity contribution in [2.75, 3.05) is 0 Å². The van der Waals surface area contributed by atoms with Gasteiger partial charge in [-0.15, -0.1) is 0 Å². The van der Waals surface area contributed by atoms with E-state index >= 15 is 0 Å². The number of aromatic nitrogens is 5. The van der Waals surface area contributed by atoms with Crippen LogP contribution < -0.4 is 0 Å². The molecule has 56 heavy (non-hydrogen) atoms. The third kappa shape index (κ3) is 5.29. The third-order valence-electron chi connectivity index (χ3n) is 10.8. The number of rotatable bonds is 6. The number of hydrogen-bond donors (Lipinski definition) is 0. The normalized spacial score (nSPS) is 11.6. The van der Waals surface area contributed by atoms with Crippen LogP contribution in [0.1, 0.15) is 0 Å². The van der Waals surface area contributed by atoms with Gasteiger partial charge in [0.2, 0.25) is 0 Å². The molecule has 5 nitrogen and oxygen atoms in total. The summed E-state index contributed by atoms with van der Waals surface area (Å²) in [6, 6.07) is 70.5. The number of benzene rings is 8. The molecule has 0 aliphatic rings. The summed E-state index contributed by atoms with van der Waals surface area (Å²) in [4.78, 5) is 14.9. The van der Waals surface area contributed by atoms with Crippen LogP contribution in [0.2, 0.25) is 0 Å². The molecule has 3 aromatic heterocycles. The first-order valence-corrected chi connectivity index (χ1v) is 18.9. The summed E-state index contributed by atoms with van der Waals surface area (Å²) in [6.07, 6.45) is 0. The van der Waals surface area contributed by atoms with E-state index in [1.807, 2.05) is 60.7 Å². The van der Waals surface area contributed by atoms with Gasteiger partial charge in [-0.2, -0.15) is 0 Å². The lowest BCUT2D eigenvalue weighted by atomic mass is 10.0. The SMILES string of the molecule is c1ccc(-c2ccc3c(c2)c2ccc(-n4c5ccccc5c5ccccc54)cc2n3-c2ccc(-c3nc(-c4ccccc4)nc(-c4ccccc4)n3)cc2)cc1. The van der Waals surface area contributed by atoms with Gasteiger partial charge >= 0.3 is 0 Å². The Labute approximate surface area is 323 Å². The van der Waals surface area contributed by atoms with Crippen LogP contribution in [0, 0.1) is 0 Å². The molecule has 3 heterocycles. The Hall–Kier alpha value is -7.63. The maximum atomic E-state index is 4.99. The lowest BCUT2D eigenvalue weighted by Crippen LogP contribution is -2.00. The Bertz CT molecular complexity index is 3110. The number of para-hydroxylation sites is 2. The monoisotopic (exact) mass is 715 g/mol. The third-order valence-corrected chi connectivity index (χ3v) is 10.8. The van der Waals surface area contributed by atoms with Crippen LogP contribution >= 0.6 is 0 Å². The second-order valence-electron chi connectivity index (χ2n) is 14.1. The minimum Gasteiger partial charge on any atom is -0.309 e. The van der Waals surface area contributed by atoms with Crippen molar-refractivity contribution in [1.82, 2.24) is 24.1 Å². The van der Waals surface area contributed by atoms with Crippen LogP contribution in [-0.4, -0.2) is 24.1 Å². The Morgan fingerprint density at radius 2 is 0.661 bits per heavy atom. The molecule has 262 valence electrons. The van der Waals surface area contributed by atoms with E-state index in [2.05, 4.69) is 149 Å². The molecule has 0 aliphatic carbocycles. The molecule has 11 rings (SSSR count). The highest BCUT2D eigenvalue weighted by molar-refractivity contribution is 6.12. The molecule has 11 aromatic rings. The number of fused-ring (bicyclic) bond motifs is 6. The van der Waals surface area contributed by atoms with Crippen LogP contribution in [0.25, 0.3) is 100 Å². The standard InChI is InChI=1S/C51H33N5/c1-4-14-34(15-5-1)38-26-31-47-44(32-38)43-30-29-40(56-45-22-12-10-20-41(45)42-21-11-13-23-46(42)56)33-48(43)55(47)39-27-24-37(25-28-39)51-53-49(35-16-6-2-7-17-35)52-50(54-51)36-18-8-3-9-19-36/h1-33H. The summed E-state index contributed by atoms with van der Waals surface area (Å²) in [5.41, 5.74) is 12.0. The lowest BCUT2D eigenvalue weighted by molar-refractivity contribution is 1.07. The van der Waals surface area contributed by atoms with Crippen LogP contribution in [0.4, 0.5) is 0 Å². The molecular weight excluding hydrogens is 683 g/mol. The van der Waals surface area contributed by atoms with Gasteiger partial charge in [0.1, 0.15) is 0 Å². The fourth-order valence-corrected chi connectivity index (χ4v) is 8.13. The van der Waals surface area contributed by atoms with Crippen molar-refractivity contribution in [2.24, 2.45) is 0 Å². The van der Waals surface area contributed by atoms with E-state index in [-0.39, 0.29) is 0 Å². The van der Waals surface area contributed by atoms with Gasteiger partial charge in [-0.25, -0.2) is 15.0 Å². The summed E-state index contributed by atoms with van der Waals surface area (Å²) < 4.78 is 4.78. The van der Waals surface area contributed by atoms with Crippen molar-refractivity contribution < 1.29 is 0 Å². The van der Waals surface area contributed by atoms with E-state index in [0.717, 1.165) is 39.1 Å². The highest BCUT2D eigenvalue weighted by Crippen LogP contribution is 2.38. The van der Waals surface area contributed by atoms with E-state index in [1.165, 1.54) is 43.7 Å². The molecule has 0 spiro atoms. The van der Waals surface area contributed by atoms with Crippen LogP contribution in [0.3, 0.4) is 0 Å². The van der Waals surface area contributed by atoms with Crippen LogP contribution in [0.5, 0.6) is 0 Å². The predicted octanol–water partition coefficient (Wildman–Crippen LogP) is 12.7. The van der Waals surface area contributed by atoms with Gasteiger partial charge < -0.3 is 9.13 Å². The van der Waals surface area contributed by atoms with Crippen molar-refractivity contribution in [1.29, 1.82) is 0 Å². The number of nitrogens with zero attached hydrogens (tertiary/aromatic N) is 5. The lowest BCUT2D eigenvalue weighted by Gasteiger charge is -2.12. The molecule has 0 N–H and O–H groups in total. The Morgan fingerprint density at radius 3 is 1.23 bits per heavy atom. The summed E-state index contributed by atoms with van der Waals surface area (Å²) >= 11 is 0.